The molecule has 0 heterocycles. The minimum atomic E-state index is -4.15. The number of carbonyl (C=O) groups is 2. The highest BCUT2D eigenvalue weighted by molar-refractivity contribution is 9.10. The van der Waals surface area contributed by atoms with Crippen LogP contribution in [0.4, 0.5) is 5.69 Å². The Balaban J connectivity index is 1.68. The van der Waals surface area contributed by atoms with Gasteiger partial charge < -0.3 is 15.0 Å². The molecule has 1 aliphatic carbocycles. The summed E-state index contributed by atoms with van der Waals surface area (Å²) in [6, 6.07) is 19.6. The zero-order valence-electron chi connectivity index (χ0n) is 23.6. The molecule has 1 N–H and O–H groups in total. The Labute approximate surface area is 264 Å². The van der Waals surface area contributed by atoms with Gasteiger partial charge in [0, 0.05) is 21.5 Å². The van der Waals surface area contributed by atoms with Crippen LogP contribution in [0.2, 0.25) is 0 Å². The van der Waals surface area contributed by atoms with Gasteiger partial charge in [0.25, 0.3) is 10.0 Å². The SMILES string of the molecule is CCOc1ccc(N(CC(=O)N(Cc2ccc(Br)cc2)[C@@H](C)C(=O)NC2CCCC2)S(=O)(=O)c2ccc(Br)cc2)cc1. The standard InChI is InChI=1S/C31H35Br2N3O5S/c1-3-41-28-16-14-27(15-17-28)36(42(39,40)29-18-12-25(33)13-19-29)21-30(37)35(20-23-8-10-24(32)11-9-23)22(2)31(38)34-26-6-4-5-7-26/h8-19,22,26H,3-7,20-21H2,1-2H3,(H,34,38)/t22-/m0/s1. The average Bonchev–Trinajstić information content (AvgIpc) is 3.49. The zero-order chi connectivity index (χ0) is 30.3. The molecule has 0 saturated heterocycles. The fourth-order valence-corrected chi connectivity index (χ4v) is 6.84. The molecule has 0 unspecified atom stereocenters. The number of sulfonamides is 1. The third-order valence-electron chi connectivity index (χ3n) is 7.25. The molecule has 42 heavy (non-hydrogen) atoms. The number of hydrogen-bond acceptors (Lipinski definition) is 5. The molecule has 1 atom stereocenters. The minimum Gasteiger partial charge on any atom is -0.494 e. The maximum Gasteiger partial charge on any atom is 0.264 e. The number of rotatable bonds is 12. The minimum absolute atomic E-state index is 0.0406. The Morgan fingerprint density at radius 1 is 0.929 bits per heavy atom. The van der Waals surface area contributed by atoms with Gasteiger partial charge in [0.2, 0.25) is 11.8 Å². The summed E-state index contributed by atoms with van der Waals surface area (Å²) in [7, 11) is -4.15. The topological polar surface area (TPSA) is 96.0 Å². The molecular weight excluding hydrogens is 686 g/mol. The van der Waals surface area contributed by atoms with Gasteiger partial charge >= 0.3 is 0 Å². The number of carbonyl (C=O) groups excluding carboxylic acids is 2. The summed E-state index contributed by atoms with van der Waals surface area (Å²) in [5.74, 6) is -0.167. The highest BCUT2D eigenvalue weighted by atomic mass is 79.9. The lowest BCUT2D eigenvalue weighted by Crippen LogP contribution is -2.52. The maximum absolute atomic E-state index is 14.1. The first kappa shape index (κ1) is 32.0. The summed E-state index contributed by atoms with van der Waals surface area (Å²) >= 11 is 6.78. The Morgan fingerprint density at radius 3 is 2.07 bits per heavy atom. The van der Waals surface area contributed by atoms with Gasteiger partial charge in [0.05, 0.1) is 17.2 Å². The van der Waals surface area contributed by atoms with E-state index in [1.165, 1.54) is 17.0 Å². The van der Waals surface area contributed by atoms with Crippen LogP contribution in [0.15, 0.2) is 86.6 Å². The van der Waals surface area contributed by atoms with Crippen molar-refractivity contribution < 1.29 is 22.7 Å². The first-order valence-corrected chi connectivity index (χ1v) is 17.0. The number of nitrogens with one attached hydrogen (secondary N) is 1. The average molecular weight is 722 g/mol. The fraction of sp³-hybridized carbons (Fsp3) is 0.355. The van der Waals surface area contributed by atoms with Crippen LogP contribution in [0.5, 0.6) is 5.75 Å². The van der Waals surface area contributed by atoms with Crippen molar-refractivity contribution in [2.24, 2.45) is 0 Å². The predicted molar refractivity (Wildman–Crippen MR) is 171 cm³/mol. The van der Waals surface area contributed by atoms with Gasteiger partial charge in [-0.05, 0) is 92.9 Å². The monoisotopic (exact) mass is 719 g/mol. The van der Waals surface area contributed by atoms with Crippen molar-refractivity contribution in [1.82, 2.24) is 10.2 Å². The van der Waals surface area contributed by atoms with Crippen LogP contribution < -0.4 is 14.4 Å². The normalized spacial score (nSPS) is 14.3. The number of anilines is 1. The van der Waals surface area contributed by atoms with E-state index in [9.17, 15) is 18.0 Å². The van der Waals surface area contributed by atoms with Gasteiger partial charge in [0.1, 0.15) is 18.3 Å². The highest BCUT2D eigenvalue weighted by Crippen LogP contribution is 2.28. The molecule has 0 bridgehead atoms. The third kappa shape index (κ3) is 8.14. The first-order chi connectivity index (χ1) is 20.1. The van der Waals surface area contributed by atoms with Crippen molar-refractivity contribution in [2.45, 2.75) is 63.1 Å². The van der Waals surface area contributed by atoms with E-state index in [0.29, 0.717) is 18.0 Å². The van der Waals surface area contributed by atoms with Gasteiger partial charge in [0.15, 0.2) is 0 Å². The lowest BCUT2D eigenvalue weighted by molar-refractivity contribution is -0.139. The molecule has 1 aliphatic rings. The molecule has 2 amide bonds. The van der Waals surface area contributed by atoms with Crippen molar-refractivity contribution in [1.29, 1.82) is 0 Å². The molecule has 1 saturated carbocycles. The number of benzene rings is 3. The highest BCUT2D eigenvalue weighted by Gasteiger charge is 2.33. The quantitative estimate of drug-likeness (QED) is 0.238. The molecule has 0 radical (unpaired) electrons. The van der Waals surface area contributed by atoms with Crippen LogP contribution in [0.3, 0.4) is 0 Å². The van der Waals surface area contributed by atoms with Gasteiger partial charge in [-0.2, -0.15) is 0 Å². The van der Waals surface area contributed by atoms with Crippen LogP contribution >= 0.6 is 31.9 Å². The molecule has 1 fully saturated rings. The van der Waals surface area contributed by atoms with Crippen molar-refractivity contribution in [3.63, 3.8) is 0 Å². The number of halogens is 2. The van der Waals surface area contributed by atoms with E-state index < -0.39 is 28.5 Å². The van der Waals surface area contributed by atoms with E-state index in [1.54, 1.807) is 43.3 Å². The van der Waals surface area contributed by atoms with E-state index in [1.807, 2.05) is 31.2 Å². The summed E-state index contributed by atoms with van der Waals surface area (Å²) in [6.45, 7) is 3.65. The second-order valence-corrected chi connectivity index (χ2v) is 13.9. The molecule has 11 heteroatoms. The fourth-order valence-electron chi connectivity index (χ4n) is 4.90. The number of hydrogen-bond donors (Lipinski definition) is 1. The second kappa shape index (κ2) is 14.5. The largest absolute Gasteiger partial charge is 0.494 e. The van der Waals surface area contributed by atoms with Gasteiger partial charge in [-0.25, -0.2) is 8.42 Å². The summed E-state index contributed by atoms with van der Waals surface area (Å²) in [5, 5.41) is 3.08. The molecule has 4 rings (SSSR count). The Bertz CT molecular complexity index is 1460. The lowest BCUT2D eigenvalue weighted by atomic mass is 10.1. The molecule has 0 aliphatic heterocycles. The molecule has 0 spiro atoms. The summed E-state index contributed by atoms with van der Waals surface area (Å²) in [4.78, 5) is 28.9. The van der Waals surface area contributed by atoms with Crippen LogP contribution in [0.25, 0.3) is 0 Å². The molecule has 8 nitrogen and oxygen atoms in total. The predicted octanol–water partition coefficient (Wildman–Crippen LogP) is 6.28. The third-order valence-corrected chi connectivity index (χ3v) is 10.1. The first-order valence-electron chi connectivity index (χ1n) is 13.9. The second-order valence-electron chi connectivity index (χ2n) is 10.2. The summed E-state index contributed by atoms with van der Waals surface area (Å²) in [5.41, 5.74) is 1.12. The maximum atomic E-state index is 14.1. The van der Waals surface area contributed by atoms with Crippen molar-refractivity contribution >= 4 is 59.4 Å². The van der Waals surface area contributed by atoms with Gasteiger partial charge in [-0.15, -0.1) is 0 Å². The molecule has 3 aromatic carbocycles. The van der Waals surface area contributed by atoms with Crippen LogP contribution in [-0.4, -0.2) is 50.4 Å². The number of amides is 2. The number of ether oxygens (including phenoxy) is 1. The van der Waals surface area contributed by atoms with E-state index in [-0.39, 0.29) is 23.4 Å². The zero-order valence-corrected chi connectivity index (χ0v) is 27.6. The Morgan fingerprint density at radius 2 is 1.50 bits per heavy atom. The Hall–Kier alpha value is -2.89. The summed E-state index contributed by atoms with van der Waals surface area (Å²) < 4.78 is 36.2. The van der Waals surface area contributed by atoms with E-state index >= 15 is 0 Å². The lowest BCUT2D eigenvalue weighted by Gasteiger charge is -2.32. The van der Waals surface area contributed by atoms with Crippen molar-refractivity contribution in [3.05, 3.63) is 87.3 Å². The van der Waals surface area contributed by atoms with Crippen LogP contribution in [0, 0.1) is 0 Å². The van der Waals surface area contributed by atoms with E-state index in [2.05, 4.69) is 37.2 Å². The number of nitrogens with zero attached hydrogens (tertiary/aromatic N) is 2. The molecular formula is C31H35Br2N3O5S. The Kier molecular flexibility index (Phi) is 11.1. The van der Waals surface area contributed by atoms with E-state index in [0.717, 1.165) is 44.5 Å². The molecule has 3 aromatic rings. The summed E-state index contributed by atoms with van der Waals surface area (Å²) in [6.07, 6.45) is 3.95. The van der Waals surface area contributed by atoms with Gasteiger partial charge in [-0.1, -0.05) is 56.8 Å². The molecule has 0 aromatic heterocycles. The van der Waals surface area contributed by atoms with Crippen molar-refractivity contribution in [2.75, 3.05) is 17.5 Å². The van der Waals surface area contributed by atoms with Crippen LogP contribution in [-0.2, 0) is 26.2 Å². The van der Waals surface area contributed by atoms with Crippen molar-refractivity contribution in [3.8, 4) is 5.75 Å². The molecule has 224 valence electrons. The van der Waals surface area contributed by atoms with Crippen LogP contribution in [0.1, 0.15) is 45.1 Å². The van der Waals surface area contributed by atoms with E-state index in [4.69, 9.17) is 4.74 Å². The van der Waals surface area contributed by atoms with Gasteiger partial charge in [-0.3, -0.25) is 13.9 Å². The smallest absolute Gasteiger partial charge is 0.264 e.